The Morgan fingerprint density at radius 1 is 1.56 bits per heavy atom. The molecule has 1 saturated heterocycles. The minimum Gasteiger partial charge on any atom is -0.478 e. The van der Waals surface area contributed by atoms with Crippen LogP contribution >= 0.6 is 0 Å². The molecular formula is C12H13N3O3. The summed E-state index contributed by atoms with van der Waals surface area (Å²) in [6.07, 6.45) is 1.01. The largest absolute Gasteiger partial charge is 0.478 e. The third kappa shape index (κ3) is 1.84. The number of carbonyl (C=O) groups is 1. The smallest absolute Gasteiger partial charge is 0.338 e. The second kappa shape index (κ2) is 4.38. The number of benzene rings is 1. The van der Waals surface area contributed by atoms with E-state index in [1.807, 2.05) is 6.07 Å². The van der Waals surface area contributed by atoms with Gasteiger partial charge in [0.25, 0.3) is 0 Å². The van der Waals surface area contributed by atoms with Crippen molar-refractivity contribution >= 4 is 17.0 Å². The molecule has 1 aliphatic rings. The van der Waals surface area contributed by atoms with Crippen LogP contribution in [0.2, 0.25) is 0 Å². The Bertz CT molecular complexity index is 587. The van der Waals surface area contributed by atoms with Gasteiger partial charge < -0.3 is 9.84 Å². The molecule has 0 amide bonds. The van der Waals surface area contributed by atoms with Crippen LogP contribution in [0.3, 0.4) is 0 Å². The molecule has 1 atom stereocenters. The van der Waals surface area contributed by atoms with Crippen LogP contribution in [-0.4, -0.2) is 39.3 Å². The first-order valence-corrected chi connectivity index (χ1v) is 5.89. The Labute approximate surface area is 103 Å². The van der Waals surface area contributed by atoms with Crippen LogP contribution in [0, 0.1) is 5.92 Å². The van der Waals surface area contributed by atoms with Crippen LogP contribution in [0.15, 0.2) is 18.2 Å². The van der Waals surface area contributed by atoms with E-state index < -0.39 is 5.97 Å². The summed E-state index contributed by atoms with van der Waals surface area (Å²) < 4.78 is 7.09. The number of aromatic nitrogens is 3. The van der Waals surface area contributed by atoms with Crippen LogP contribution in [0.1, 0.15) is 16.8 Å². The average Bonchev–Trinajstić information content (AvgIpc) is 2.99. The second-order valence-electron chi connectivity index (χ2n) is 4.48. The van der Waals surface area contributed by atoms with E-state index in [1.165, 1.54) is 0 Å². The first-order chi connectivity index (χ1) is 8.75. The number of ether oxygens (including phenoxy) is 1. The van der Waals surface area contributed by atoms with Crippen molar-refractivity contribution in [3.05, 3.63) is 23.8 Å². The number of carboxylic acid groups (broad SMARTS) is 1. The zero-order chi connectivity index (χ0) is 12.5. The molecule has 0 saturated carbocycles. The van der Waals surface area contributed by atoms with E-state index in [4.69, 9.17) is 9.84 Å². The van der Waals surface area contributed by atoms with Crippen molar-refractivity contribution in [2.24, 2.45) is 5.92 Å². The fourth-order valence-corrected chi connectivity index (χ4v) is 2.27. The minimum absolute atomic E-state index is 0.196. The Morgan fingerprint density at radius 2 is 2.44 bits per heavy atom. The SMILES string of the molecule is O=C(O)c1cccc2c1nnn2CC1CCOC1. The van der Waals surface area contributed by atoms with Crippen molar-refractivity contribution < 1.29 is 14.6 Å². The van der Waals surface area contributed by atoms with Gasteiger partial charge in [-0.1, -0.05) is 11.3 Å². The van der Waals surface area contributed by atoms with Gasteiger partial charge in [-0.25, -0.2) is 9.48 Å². The number of carboxylic acids is 1. The lowest BCUT2D eigenvalue weighted by atomic mass is 10.1. The molecule has 6 nitrogen and oxygen atoms in total. The maximum absolute atomic E-state index is 11.1. The number of fused-ring (bicyclic) bond motifs is 1. The zero-order valence-electron chi connectivity index (χ0n) is 9.74. The van der Waals surface area contributed by atoms with E-state index in [0.29, 0.717) is 11.4 Å². The van der Waals surface area contributed by atoms with Gasteiger partial charge in [0, 0.05) is 19.1 Å². The molecular weight excluding hydrogens is 234 g/mol. The topological polar surface area (TPSA) is 77.2 Å². The Balaban J connectivity index is 1.98. The lowest BCUT2D eigenvalue weighted by molar-refractivity contribution is 0.0699. The van der Waals surface area contributed by atoms with E-state index in [-0.39, 0.29) is 5.56 Å². The van der Waals surface area contributed by atoms with E-state index in [9.17, 15) is 4.79 Å². The van der Waals surface area contributed by atoms with Crippen LogP contribution in [-0.2, 0) is 11.3 Å². The average molecular weight is 247 g/mol. The van der Waals surface area contributed by atoms with Gasteiger partial charge in [0.1, 0.15) is 5.52 Å². The molecule has 1 aromatic carbocycles. The third-order valence-corrected chi connectivity index (χ3v) is 3.23. The number of nitrogens with zero attached hydrogens (tertiary/aromatic N) is 3. The summed E-state index contributed by atoms with van der Waals surface area (Å²) in [5.41, 5.74) is 1.41. The maximum atomic E-state index is 11.1. The second-order valence-corrected chi connectivity index (χ2v) is 4.48. The quantitative estimate of drug-likeness (QED) is 0.880. The molecule has 0 aliphatic carbocycles. The van der Waals surface area contributed by atoms with Crippen molar-refractivity contribution in [3.8, 4) is 0 Å². The molecule has 1 aliphatic heterocycles. The van der Waals surface area contributed by atoms with Crippen molar-refractivity contribution in [2.75, 3.05) is 13.2 Å². The molecule has 1 fully saturated rings. The minimum atomic E-state index is -0.975. The summed E-state index contributed by atoms with van der Waals surface area (Å²) >= 11 is 0. The molecule has 0 bridgehead atoms. The van der Waals surface area contributed by atoms with Crippen molar-refractivity contribution in [1.82, 2.24) is 15.0 Å². The highest BCUT2D eigenvalue weighted by Gasteiger charge is 2.19. The Hall–Kier alpha value is -1.95. The molecule has 2 heterocycles. The van der Waals surface area contributed by atoms with E-state index >= 15 is 0 Å². The highest BCUT2D eigenvalue weighted by molar-refractivity contribution is 6.00. The number of rotatable bonds is 3. The van der Waals surface area contributed by atoms with Crippen LogP contribution in [0.4, 0.5) is 0 Å². The fourth-order valence-electron chi connectivity index (χ4n) is 2.27. The fraction of sp³-hybridized carbons (Fsp3) is 0.417. The maximum Gasteiger partial charge on any atom is 0.338 e. The summed E-state index contributed by atoms with van der Waals surface area (Å²) in [7, 11) is 0. The van der Waals surface area contributed by atoms with Crippen molar-refractivity contribution in [1.29, 1.82) is 0 Å². The number of hydrogen-bond acceptors (Lipinski definition) is 4. The van der Waals surface area contributed by atoms with Crippen LogP contribution < -0.4 is 0 Å². The van der Waals surface area contributed by atoms with E-state index in [0.717, 1.165) is 31.7 Å². The van der Waals surface area contributed by atoms with Crippen LogP contribution in [0.5, 0.6) is 0 Å². The Morgan fingerprint density at radius 3 is 3.17 bits per heavy atom. The highest BCUT2D eigenvalue weighted by atomic mass is 16.5. The van der Waals surface area contributed by atoms with E-state index in [2.05, 4.69) is 10.3 Å². The summed E-state index contributed by atoms with van der Waals surface area (Å²) in [5, 5.41) is 17.1. The van der Waals surface area contributed by atoms with Crippen molar-refractivity contribution in [2.45, 2.75) is 13.0 Å². The van der Waals surface area contributed by atoms with Gasteiger partial charge in [0.05, 0.1) is 17.7 Å². The number of aromatic carboxylic acids is 1. The van der Waals surface area contributed by atoms with Gasteiger partial charge >= 0.3 is 5.97 Å². The Kier molecular flexibility index (Phi) is 2.71. The van der Waals surface area contributed by atoms with E-state index in [1.54, 1.807) is 16.8 Å². The molecule has 0 spiro atoms. The van der Waals surface area contributed by atoms with Gasteiger partial charge in [-0.2, -0.15) is 0 Å². The number of hydrogen-bond donors (Lipinski definition) is 1. The first kappa shape index (κ1) is 11.2. The highest BCUT2D eigenvalue weighted by Crippen LogP contribution is 2.20. The summed E-state index contributed by atoms with van der Waals surface area (Å²) in [6, 6.07) is 5.11. The molecule has 2 aromatic rings. The molecule has 1 N–H and O–H groups in total. The van der Waals surface area contributed by atoms with Gasteiger partial charge in [0.15, 0.2) is 0 Å². The summed E-state index contributed by atoms with van der Waals surface area (Å²) in [5.74, 6) is -0.541. The first-order valence-electron chi connectivity index (χ1n) is 5.89. The normalized spacial score (nSPS) is 19.4. The molecule has 1 aromatic heterocycles. The lowest BCUT2D eigenvalue weighted by Crippen LogP contribution is -2.11. The van der Waals surface area contributed by atoms with Gasteiger partial charge in [0.2, 0.25) is 0 Å². The predicted molar refractivity (Wildman–Crippen MR) is 63.4 cm³/mol. The molecule has 3 rings (SSSR count). The zero-order valence-corrected chi connectivity index (χ0v) is 9.74. The molecule has 94 valence electrons. The lowest BCUT2D eigenvalue weighted by Gasteiger charge is -2.07. The van der Waals surface area contributed by atoms with Gasteiger partial charge in [-0.3, -0.25) is 0 Å². The van der Waals surface area contributed by atoms with Crippen molar-refractivity contribution in [3.63, 3.8) is 0 Å². The third-order valence-electron chi connectivity index (χ3n) is 3.23. The molecule has 18 heavy (non-hydrogen) atoms. The van der Waals surface area contributed by atoms with Gasteiger partial charge in [-0.15, -0.1) is 5.10 Å². The summed E-state index contributed by atoms with van der Waals surface area (Å²) in [4.78, 5) is 11.1. The van der Waals surface area contributed by atoms with Crippen LogP contribution in [0.25, 0.3) is 11.0 Å². The molecule has 6 heteroatoms. The van der Waals surface area contributed by atoms with Gasteiger partial charge in [-0.05, 0) is 18.6 Å². The monoisotopic (exact) mass is 247 g/mol. The summed E-state index contributed by atoms with van der Waals surface area (Å²) in [6.45, 7) is 2.25. The predicted octanol–water partition coefficient (Wildman–Crippen LogP) is 1.17. The standard InChI is InChI=1S/C12H13N3O3/c16-12(17)9-2-1-3-10-11(9)13-14-15(10)6-8-4-5-18-7-8/h1-3,8H,4-7H2,(H,16,17). The molecule has 1 unspecified atom stereocenters. The molecule has 0 radical (unpaired) electrons.